The maximum absolute atomic E-state index is 13.7. The number of methoxy groups -OCH3 is 2. The number of rotatable bonds is 6. The van der Waals surface area contributed by atoms with Crippen LogP contribution in [0.4, 0.5) is 0 Å². The van der Waals surface area contributed by atoms with Crippen molar-refractivity contribution in [1.82, 2.24) is 5.32 Å². The fourth-order valence-corrected chi connectivity index (χ4v) is 6.11. The fraction of sp³-hybridized carbons (Fsp3) is 0.152. The third-order valence-corrected chi connectivity index (χ3v) is 8.14. The molecule has 1 atom stereocenters. The molecule has 0 aromatic heterocycles. The molecule has 0 radical (unpaired) electrons. The summed E-state index contributed by atoms with van der Waals surface area (Å²) in [6.45, 7) is 2.16. The molecule has 0 saturated carbocycles. The second-order valence-corrected chi connectivity index (χ2v) is 10.6. The minimum absolute atomic E-state index is 0.125. The second kappa shape index (κ2) is 10.3. The Kier molecular flexibility index (Phi) is 6.68. The van der Waals surface area contributed by atoms with Crippen molar-refractivity contribution in [2.45, 2.75) is 19.4 Å². The third-order valence-electron chi connectivity index (χ3n) is 7.46. The molecular weight excluding hydrogens is 570 g/mol. The van der Waals surface area contributed by atoms with E-state index >= 15 is 0 Å². The van der Waals surface area contributed by atoms with Gasteiger partial charge in [-0.15, -0.1) is 0 Å². The normalized spacial score (nSPS) is 16.0. The molecule has 6 nitrogen and oxygen atoms in total. The number of carbonyl (C=O) groups is 2. The molecule has 1 heterocycles. The van der Waals surface area contributed by atoms with E-state index in [9.17, 15) is 9.59 Å². The molecule has 6 rings (SSSR count). The summed E-state index contributed by atoms with van der Waals surface area (Å²) in [5.74, 6) is -0.283. The molecular formula is C33H26BrNO5. The molecule has 0 unspecified atom stereocenters. The Morgan fingerprint density at radius 3 is 2.38 bits per heavy atom. The van der Waals surface area contributed by atoms with E-state index in [0.717, 1.165) is 16.5 Å². The van der Waals surface area contributed by atoms with E-state index in [1.807, 2.05) is 55.5 Å². The van der Waals surface area contributed by atoms with Gasteiger partial charge in [0.2, 0.25) is 0 Å². The number of allylic oxidation sites excluding steroid dienone is 2. The van der Waals surface area contributed by atoms with Crippen molar-refractivity contribution in [3.63, 3.8) is 0 Å². The maximum Gasteiger partial charge on any atom is 0.336 e. The average molecular weight is 596 g/mol. The standard InChI is InChI=1S/C33H26BrNO5/c1-18-28(33(37)39-3)29(30-31(35-18)22-10-6-7-11-23(22)32(30)36)24-15-26(38-2)27(16-25(24)34)40-17-19-12-13-20-8-4-5-9-21(20)14-19/h4-16,29,35H,17H2,1-3H3/t29-/m1/s1. The average Bonchev–Trinajstić information content (AvgIpc) is 3.26. The van der Waals surface area contributed by atoms with Crippen LogP contribution in [0.15, 0.2) is 100 Å². The number of ether oxygens (including phenoxy) is 3. The largest absolute Gasteiger partial charge is 0.493 e. The van der Waals surface area contributed by atoms with Crippen molar-refractivity contribution >= 4 is 44.2 Å². The van der Waals surface area contributed by atoms with Crippen LogP contribution in [0, 0.1) is 0 Å². The Labute approximate surface area is 240 Å². The lowest BCUT2D eigenvalue weighted by Gasteiger charge is -2.30. The molecule has 1 aliphatic heterocycles. The second-order valence-electron chi connectivity index (χ2n) is 9.75. The van der Waals surface area contributed by atoms with Crippen molar-refractivity contribution in [2.75, 3.05) is 14.2 Å². The van der Waals surface area contributed by atoms with Gasteiger partial charge in [-0.1, -0.05) is 76.6 Å². The van der Waals surface area contributed by atoms with Gasteiger partial charge in [-0.05, 0) is 47.0 Å². The summed E-state index contributed by atoms with van der Waals surface area (Å²) in [6.07, 6.45) is 0. The number of nitrogens with one attached hydrogen (secondary N) is 1. The molecule has 0 amide bonds. The predicted octanol–water partition coefficient (Wildman–Crippen LogP) is 6.93. The van der Waals surface area contributed by atoms with Crippen LogP contribution in [0.3, 0.4) is 0 Å². The molecule has 7 heteroatoms. The summed E-state index contributed by atoms with van der Waals surface area (Å²) in [4.78, 5) is 26.8. The summed E-state index contributed by atoms with van der Waals surface area (Å²) in [6, 6.07) is 25.5. The monoisotopic (exact) mass is 595 g/mol. The summed E-state index contributed by atoms with van der Waals surface area (Å²) in [5.41, 5.74) is 5.34. The van der Waals surface area contributed by atoms with Crippen LogP contribution in [-0.2, 0) is 16.1 Å². The van der Waals surface area contributed by atoms with Gasteiger partial charge in [0, 0.05) is 26.9 Å². The Bertz CT molecular complexity index is 1770. The zero-order valence-corrected chi connectivity index (χ0v) is 23.8. The zero-order chi connectivity index (χ0) is 28.0. The fourth-order valence-electron chi connectivity index (χ4n) is 5.55. The topological polar surface area (TPSA) is 73.9 Å². The molecule has 2 aliphatic rings. The van der Waals surface area contributed by atoms with Gasteiger partial charge in [-0.2, -0.15) is 0 Å². The molecule has 1 N–H and O–H groups in total. The highest BCUT2D eigenvalue weighted by atomic mass is 79.9. The quantitative estimate of drug-likeness (QED) is 0.244. The Balaban J connectivity index is 1.41. The van der Waals surface area contributed by atoms with Gasteiger partial charge >= 0.3 is 5.97 Å². The predicted molar refractivity (Wildman–Crippen MR) is 157 cm³/mol. The smallest absolute Gasteiger partial charge is 0.336 e. The van der Waals surface area contributed by atoms with Crippen LogP contribution in [0.5, 0.6) is 11.5 Å². The van der Waals surface area contributed by atoms with E-state index in [1.54, 1.807) is 13.2 Å². The van der Waals surface area contributed by atoms with Gasteiger partial charge in [0.25, 0.3) is 0 Å². The lowest BCUT2D eigenvalue weighted by atomic mass is 9.79. The van der Waals surface area contributed by atoms with E-state index in [2.05, 4.69) is 45.5 Å². The van der Waals surface area contributed by atoms with Crippen molar-refractivity contribution in [2.24, 2.45) is 0 Å². The van der Waals surface area contributed by atoms with Gasteiger partial charge in [0.15, 0.2) is 17.3 Å². The number of hydrogen-bond donors (Lipinski definition) is 1. The number of carbonyl (C=O) groups excluding carboxylic acids is 2. The first-order chi connectivity index (χ1) is 19.4. The van der Waals surface area contributed by atoms with E-state index in [1.165, 1.54) is 12.5 Å². The molecule has 1 aliphatic carbocycles. The van der Waals surface area contributed by atoms with Gasteiger partial charge in [-0.3, -0.25) is 4.79 Å². The Hall–Kier alpha value is -4.36. The summed E-state index contributed by atoms with van der Waals surface area (Å²) in [5, 5.41) is 5.61. The molecule has 0 spiro atoms. The Morgan fingerprint density at radius 1 is 0.900 bits per heavy atom. The number of benzene rings is 4. The number of halogens is 1. The van der Waals surface area contributed by atoms with Crippen LogP contribution in [-0.4, -0.2) is 26.0 Å². The molecule has 40 heavy (non-hydrogen) atoms. The highest BCUT2D eigenvalue weighted by Gasteiger charge is 2.43. The van der Waals surface area contributed by atoms with Crippen LogP contribution in [0.25, 0.3) is 16.5 Å². The first kappa shape index (κ1) is 25.9. The number of esters is 1. The van der Waals surface area contributed by atoms with Crippen molar-refractivity contribution in [3.05, 3.63) is 122 Å². The van der Waals surface area contributed by atoms with E-state index in [-0.39, 0.29) is 5.78 Å². The number of fused-ring (bicyclic) bond motifs is 3. The first-order valence-electron chi connectivity index (χ1n) is 12.8. The lowest BCUT2D eigenvalue weighted by Crippen LogP contribution is -2.29. The van der Waals surface area contributed by atoms with E-state index in [4.69, 9.17) is 14.2 Å². The number of hydrogen-bond acceptors (Lipinski definition) is 6. The summed E-state index contributed by atoms with van der Waals surface area (Å²) < 4.78 is 17.8. The van der Waals surface area contributed by atoms with Crippen LogP contribution < -0.4 is 14.8 Å². The molecule has 0 fully saturated rings. The van der Waals surface area contributed by atoms with Crippen LogP contribution in [0.1, 0.15) is 39.9 Å². The highest BCUT2D eigenvalue weighted by molar-refractivity contribution is 9.10. The third kappa shape index (κ3) is 4.27. The molecule has 4 aromatic carbocycles. The van der Waals surface area contributed by atoms with E-state index in [0.29, 0.717) is 56.2 Å². The highest BCUT2D eigenvalue weighted by Crippen LogP contribution is 2.50. The zero-order valence-electron chi connectivity index (χ0n) is 22.2. The molecule has 4 aromatic rings. The minimum atomic E-state index is -0.679. The first-order valence-corrected chi connectivity index (χ1v) is 13.6. The maximum atomic E-state index is 13.7. The van der Waals surface area contributed by atoms with Gasteiger partial charge in [0.1, 0.15) is 6.61 Å². The minimum Gasteiger partial charge on any atom is -0.493 e. The molecule has 0 bridgehead atoms. The number of dihydropyridines is 1. The van der Waals surface area contributed by atoms with Crippen molar-refractivity contribution in [1.29, 1.82) is 0 Å². The van der Waals surface area contributed by atoms with E-state index < -0.39 is 11.9 Å². The Morgan fingerprint density at radius 2 is 1.62 bits per heavy atom. The number of ketones is 1. The summed E-state index contributed by atoms with van der Waals surface area (Å²) >= 11 is 3.71. The lowest BCUT2D eigenvalue weighted by molar-refractivity contribution is -0.136. The molecule has 200 valence electrons. The summed E-state index contributed by atoms with van der Waals surface area (Å²) in [7, 11) is 2.91. The molecule has 0 saturated heterocycles. The number of Topliss-reactive ketones (excluding diaryl/α,β-unsaturated/α-hetero) is 1. The van der Waals surface area contributed by atoms with Crippen LogP contribution in [0.2, 0.25) is 0 Å². The van der Waals surface area contributed by atoms with Gasteiger partial charge in [-0.25, -0.2) is 4.79 Å². The SMILES string of the molecule is COC(=O)C1=C(C)NC2=C(C(=O)c3ccccc32)[C@@H]1c1cc(OC)c(OCc2ccc3ccccc3c2)cc1Br. The van der Waals surface area contributed by atoms with Crippen molar-refractivity contribution in [3.8, 4) is 11.5 Å². The van der Waals surface area contributed by atoms with Crippen molar-refractivity contribution < 1.29 is 23.8 Å². The van der Waals surface area contributed by atoms with Crippen LogP contribution >= 0.6 is 15.9 Å². The van der Waals surface area contributed by atoms with Gasteiger partial charge < -0.3 is 19.5 Å². The van der Waals surface area contributed by atoms with Gasteiger partial charge in [0.05, 0.1) is 31.4 Å².